The molecule has 0 aliphatic heterocycles. The van der Waals surface area contributed by atoms with Gasteiger partial charge in [-0.15, -0.1) is 0 Å². The van der Waals surface area contributed by atoms with E-state index < -0.39 is 11.9 Å². The van der Waals surface area contributed by atoms with Crippen molar-refractivity contribution in [1.29, 1.82) is 5.26 Å². The number of nitrogens with zero attached hydrogens (tertiary/aromatic N) is 1. The molecule has 0 spiro atoms. The third-order valence-electron chi connectivity index (χ3n) is 1.95. The van der Waals surface area contributed by atoms with Gasteiger partial charge < -0.3 is 10.1 Å². The minimum absolute atomic E-state index is 0.233. The molecule has 1 N–H and O–H groups in total. The molecule has 0 atom stereocenters. The van der Waals surface area contributed by atoms with Crippen molar-refractivity contribution in [3.63, 3.8) is 0 Å². The van der Waals surface area contributed by atoms with E-state index in [2.05, 4.69) is 27.9 Å². The van der Waals surface area contributed by atoms with Gasteiger partial charge in [-0.1, -0.05) is 6.07 Å². The van der Waals surface area contributed by atoms with Gasteiger partial charge in [-0.25, -0.2) is 4.79 Å². The molecule has 1 aromatic carbocycles. The Morgan fingerprint density at radius 1 is 1.44 bits per heavy atom. The Morgan fingerprint density at radius 2 is 2.22 bits per heavy atom. The van der Waals surface area contributed by atoms with Crippen LogP contribution in [0.25, 0.3) is 0 Å². The third kappa shape index (κ3) is 5.14. The van der Waals surface area contributed by atoms with Gasteiger partial charge in [0.2, 0.25) is 0 Å². The maximum absolute atomic E-state index is 11.6. The number of rotatable bonds is 5. The van der Waals surface area contributed by atoms with Gasteiger partial charge in [-0.05, 0) is 40.8 Å². The summed E-state index contributed by atoms with van der Waals surface area (Å²) in [5, 5.41) is 10.7. The number of halogens is 1. The van der Waals surface area contributed by atoms with Crippen molar-refractivity contribution in [2.45, 2.75) is 6.42 Å². The standard InChI is InChI=1S/C12H11IN2O3/c13-10-4-1-3-9(7-10)12(17)18-8-11(16)15-6-2-5-14/h1,3-4,7H,2,6,8H2,(H,15,16). The second kappa shape index (κ2) is 7.66. The van der Waals surface area contributed by atoms with Gasteiger partial charge in [0.15, 0.2) is 6.61 Å². The van der Waals surface area contributed by atoms with E-state index in [1.807, 2.05) is 12.1 Å². The lowest BCUT2D eigenvalue weighted by molar-refractivity contribution is -0.124. The van der Waals surface area contributed by atoms with Gasteiger partial charge in [0.05, 0.1) is 18.1 Å². The summed E-state index contributed by atoms with van der Waals surface area (Å²) in [6.07, 6.45) is 0.233. The van der Waals surface area contributed by atoms with Crippen molar-refractivity contribution >= 4 is 34.5 Å². The predicted octanol–water partition coefficient (Wildman–Crippen LogP) is 1.48. The Bertz CT molecular complexity index is 482. The van der Waals surface area contributed by atoms with E-state index in [1.54, 1.807) is 18.2 Å². The fourth-order valence-corrected chi connectivity index (χ4v) is 1.68. The fourth-order valence-electron chi connectivity index (χ4n) is 1.14. The monoisotopic (exact) mass is 358 g/mol. The first kappa shape index (κ1) is 14.4. The van der Waals surface area contributed by atoms with E-state index in [0.29, 0.717) is 5.56 Å². The molecule has 5 nitrogen and oxygen atoms in total. The minimum Gasteiger partial charge on any atom is -0.452 e. The van der Waals surface area contributed by atoms with Gasteiger partial charge in [0.25, 0.3) is 5.91 Å². The van der Waals surface area contributed by atoms with Crippen LogP contribution < -0.4 is 5.32 Å². The lowest BCUT2D eigenvalue weighted by atomic mass is 10.2. The maximum Gasteiger partial charge on any atom is 0.338 e. The van der Waals surface area contributed by atoms with Crippen molar-refractivity contribution in [3.05, 3.63) is 33.4 Å². The summed E-state index contributed by atoms with van der Waals surface area (Å²) in [5.74, 6) is -0.951. The van der Waals surface area contributed by atoms with Crippen LogP contribution in [0.1, 0.15) is 16.8 Å². The van der Waals surface area contributed by atoms with Crippen molar-refractivity contribution in [2.24, 2.45) is 0 Å². The van der Waals surface area contributed by atoms with Gasteiger partial charge >= 0.3 is 5.97 Å². The number of ether oxygens (including phenoxy) is 1. The van der Waals surface area contributed by atoms with E-state index in [0.717, 1.165) is 3.57 Å². The molecule has 0 aromatic heterocycles. The van der Waals surface area contributed by atoms with Crippen LogP contribution in [0.4, 0.5) is 0 Å². The van der Waals surface area contributed by atoms with Crippen LogP contribution in [0.5, 0.6) is 0 Å². The number of hydrogen-bond acceptors (Lipinski definition) is 4. The second-order valence-electron chi connectivity index (χ2n) is 3.34. The molecular formula is C12H11IN2O3. The molecule has 0 radical (unpaired) electrons. The molecule has 0 heterocycles. The van der Waals surface area contributed by atoms with E-state index in [9.17, 15) is 9.59 Å². The molecule has 0 saturated heterocycles. The van der Waals surface area contributed by atoms with Crippen molar-refractivity contribution in [2.75, 3.05) is 13.2 Å². The SMILES string of the molecule is N#CCCNC(=O)COC(=O)c1cccc(I)c1. The van der Waals surface area contributed by atoms with Crippen LogP contribution in [-0.2, 0) is 9.53 Å². The molecule has 0 unspecified atom stereocenters. The van der Waals surface area contributed by atoms with E-state index in [1.165, 1.54) is 0 Å². The van der Waals surface area contributed by atoms with Gasteiger partial charge in [-0.3, -0.25) is 4.79 Å². The predicted molar refractivity (Wildman–Crippen MR) is 72.7 cm³/mol. The highest BCUT2D eigenvalue weighted by molar-refractivity contribution is 14.1. The van der Waals surface area contributed by atoms with Crippen molar-refractivity contribution in [1.82, 2.24) is 5.32 Å². The molecule has 94 valence electrons. The van der Waals surface area contributed by atoms with Gasteiger partial charge in [0, 0.05) is 10.1 Å². The first-order valence-electron chi connectivity index (χ1n) is 5.20. The van der Waals surface area contributed by atoms with Crippen molar-refractivity contribution in [3.8, 4) is 6.07 Å². The molecule has 1 aromatic rings. The second-order valence-corrected chi connectivity index (χ2v) is 4.59. The lowest BCUT2D eigenvalue weighted by Gasteiger charge is -2.05. The fraction of sp³-hybridized carbons (Fsp3) is 0.250. The number of nitriles is 1. The number of carbonyl (C=O) groups excluding carboxylic acids is 2. The molecule has 0 bridgehead atoms. The molecule has 0 fully saturated rings. The number of nitrogens with one attached hydrogen (secondary N) is 1. The molecule has 6 heteroatoms. The average molecular weight is 358 g/mol. The summed E-state index contributed by atoms with van der Waals surface area (Å²) in [5.41, 5.74) is 0.409. The minimum atomic E-state index is -0.538. The summed E-state index contributed by atoms with van der Waals surface area (Å²) < 4.78 is 5.76. The lowest BCUT2D eigenvalue weighted by Crippen LogP contribution is -2.29. The Labute approximate surface area is 118 Å². The summed E-state index contributed by atoms with van der Waals surface area (Å²) >= 11 is 2.09. The first-order chi connectivity index (χ1) is 8.63. The van der Waals surface area contributed by atoms with Crippen molar-refractivity contribution < 1.29 is 14.3 Å². The van der Waals surface area contributed by atoms with E-state index >= 15 is 0 Å². The van der Waals surface area contributed by atoms with Crippen LogP contribution in [0.3, 0.4) is 0 Å². The molecule has 1 rings (SSSR count). The molecule has 18 heavy (non-hydrogen) atoms. The maximum atomic E-state index is 11.6. The highest BCUT2D eigenvalue weighted by atomic mass is 127. The summed E-state index contributed by atoms with van der Waals surface area (Å²) in [6.45, 7) is -0.0775. The van der Waals surface area contributed by atoms with Gasteiger partial charge in [-0.2, -0.15) is 5.26 Å². The average Bonchev–Trinajstić information content (AvgIpc) is 2.36. The van der Waals surface area contributed by atoms with Crippen LogP contribution in [0.2, 0.25) is 0 Å². The zero-order valence-electron chi connectivity index (χ0n) is 9.48. The highest BCUT2D eigenvalue weighted by Gasteiger charge is 2.09. The van der Waals surface area contributed by atoms with Crippen LogP contribution in [0, 0.1) is 14.9 Å². The van der Waals surface area contributed by atoms with Crippen LogP contribution in [0.15, 0.2) is 24.3 Å². The number of hydrogen-bond donors (Lipinski definition) is 1. The molecule has 0 aliphatic carbocycles. The smallest absolute Gasteiger partial charge is 0.338 e. The number of carbonyl (C=O) groups is 2. The highest BCUT2D eigenvalue weighted by Crippen LogP contribution is 2.08. The van der Waals surface area contributed by atoms with Gasteiger partial charge in [0.1, 0.15) is 0 Å². The number of amides is 1. The zero-order chi connectivity index (χ0) is 13.4. The van der Waals surface area contributed by atoms with E-state index in [4.69, 9.17) is 10.00 Å². The summed E-state index contributed by atoms with van der Waals surface area (Å²) in [6, 6.07) is 8.79. The number of benzene rings is 1. The Balaban J connectivity index is 2.38. The number of esters is 1. The normalized spacial score (nSPS) is 9.33. The molecule has 0 aliphatic rings. The molecular weight excluding hydrogens is 347 g/mol. The quantitative estimate of drug-likeness (QED) is 0.491. The Kier molecular flexibility index (Phi) is 6.14. The largest absolute Gasteiger partial charge is 0.452 e. The first-order valence-corrected chi connectivity index (χ1v) is 6.27. The third-order valence-corrected chi connectivity index (χ3v) is 2.62. The van der Waals surface area contributed by atoms with Crippen LogP contribution >= 0.6 is 22.6 Å². The molecule has 1 amide bonds. The summed E-state index contributed by atoms with van der Waals surface area (Å²) in [7, 11) is 0. The molecule has 0 saturated carbocycles. The Morgan fingerprint density at radius 3 is 2.89 bits per heavy atom. The Hall–Kier alpha value is -1.62. The summed E-state index contributed by atoms with van der Waals surface area (Å²) in [4.78, 5) is 22.8. The zero-order valence-corrected chi connectivity index (χ0v) is 11.6. The van der Waals surface area contributed by atoms with E-state index in [-0.39, 0.29) is 19.6 Å². The van der Waals surface area contributed by atoms with Crippen LogP contribution in [-0.4, -0.2) is 25.0 Å². The topological polar surface area (TPSA) is 79.2 Å².